The minimum Gasteiger partial charge on any atom is -0.467 e. The van der Waals surface area contributed by atoms with E-state index in [2.05, 4.69) is 0 Å². The van der Waals surface area contributed by atoms with E-state index in [1.807, 2.05) is 0 Å². The van der Waals surface area contributed by atoms with Crippen LogP contribution in [-0.2, 0) is 28.5 Å². The lowest BCUT2D eigenvalue weighted by atomic mass is 10.1. The smallest absolute Gasteiger partial charge is 0.420 e. The fourth-order valence-electron chi connectivity index (χ4n) is 2.23. The first-order valence-electron chi connectivity index (χ1n) is 9.79. The highest BCUT2D eigenvalue weighted by atomic mass is 16.6. The van der Waals surface area contributed by atoms with Gasteiger partial charge in [-0.25, -0.2) is 19.2 Å². The van der Waals surface area contributed by atoms with Crippen molar-refractivity contribution in [3.63, 3.8) is 0 Å². The van der Waals surface area contributed by atoms with Crippen LogP contribution in [0.5, 0.6) is 0 Å². The third-order valence-electron chi connectivity index (χ3n) is 3.45. The molecule has 0 spiro atoms. The first-order valence-corrected chi connectivity index (χ1v) is 9.79. The van der Waals surface area contributed by atoms with Gasteiger partial charge in [0.1, 0.15) is 17.2 Å². The average molecular weight is 430 g/mol. The number of imide groups is 1. The second kappa shape index (κ2) is 11.6. The number of amides is 2. The molecule has 0 N–H and O–H groups in total. The molecule has 0 rings (SSSR count). The maximum atomic E-state index is 12.7. The molecule has 0 unspecified atom stereocenters. The highest BCUT2D eigenvalue weighted by Gasteiger charge is 2.40. The molecule has 30 heavy (non-hydrogen) atoms. The fraction of sp³-hybridized carbons (Fsp3) is 0.714. The number of esters is 2. The first kappa shape index (κ1) is 27.4. The van der Waals surface area contributed by atoms with Gasteiger partial charge in [-0.3, -0.25) is 0 Å². The minimum absolute atomic E-state index is 0.00189. The maximum absolute atomic E-state index is 12.7. The topological polar surface area (TPSA) is 108 Å². The van der Waals surface area contributed by atoms with E-state index >= 15 is 0 Å². The third kappa shape index (κ3) is 10.3. The summed E-state index contributed by atoms with van der Waals surface area (Å²) in [6, 6.07) is -1.30. The molecule has 0 radical (unpaired) electrons. The van der Waals surface area contributed by atoms with Gasteiger partial charge in [0.05, 0.1) is 13.7 Å². The lowest BCUT2D eigenvalue weighted by Crippen LogP contribution is -2.52. The number of allylic oxidation sites excluding steroid dienone is 1. The molecule has 1 atom stereocenters. The van der Waals surface area contributed by atoms with Crippen LogP contribution in [-0.4, -0.2) is 60.0 Å². The zero-order valence-electron chi connectivity index (χ0n) is 19.5. The summed E-state index contributed by atoms with van der Waals surface area (Å²) in [6.07, 6.45) is -0.290. The predicted molar refractivity (Wildman–Crippen MR) is 110 cm³/mol. The van der Waals surface area contributed by atoms with Crippen LogP contribution in [0.1, 0.15) is 68.2 Å². The SMILES string of the molecule is CCOC(=O)C(C)=CCC[C@@H](C(=O)OC)N(C(=O)OC(C)(C)C)C(=O)OC(C)(C)C. The normalized spacial score (nSPS) is 13.2. The van der Waals surface area contributed by atoms with Gasteiger partial charge in [-0.2, -0.15) is 4.90 Å². The lowest BCUT2D eigenvalue weighted by Gasteiger charge is -2.32. The molecule has 0 aliphatic rings. The molecule has 0 bridgehead atoms. The molecule has 0 saturated carbocycles. The van der Waals surface area contributed by atoms with Gasteiger partial charge in [-0.05, 0) is 68.2 Å². The summed E-state index contributed by atoms with van der Waals surface area (Å²) in [6.45, 7) is 13.3. The molecule has 0 aromatic rings. The third-order valence-corrected chi connectivity index (χ3v) is 3.45. The number of ether oxygens (including phenoxy) is 4. The summed E-state index contributed by atoms with van der Waals surface area (Å²) in [4.78, 5) is 50.3. The Balaban J connectivity index is 5.80. The summed E-state index contributed by atoms with van der Waals surface area (Å²) < 4.78 is 20.3. The van der Waals surface area contributed by atoms with Crippen LogP contribution in [0, 0.1) is 0 Å². The standard InChI is InChI=1S/C21H35NO8/c1-10-28-16(23)14(2)12-11-13-15(17(24)27-9)22(18(25)29-20(3,4)5)19(26)30-21(6,7)8/h12,15H,10-11,13H2,1-9H3/t15-/m0/s1. The van der Waals surface area contributed by atoms with E-state index < -0.39 is 41.4 Å². The van der Waals surface area contributed by atoms with Crippen molar-refractivity contribution in [1.82, 2.24) is 4.90 Å². The van der Waals surface area contributed by atoms with Crippen molar-refractivity contribution in [2.75, 3.05) is 13.7 Å². The van der Waals surface area contributed by atoms with Crippen LogP contribution in [0.2, 0.25) is 0 Å². The second-order valence-electron chi connectivity index (χ2n) is 8.55. The molecule has 2 amide bonds. The lowest BCUT2D eigenvalue weighted by molar-refractivity contribution is -0.146. The Hall–Kier alpha value is -2.58. The van der Waals surface area contributed by atoms with Gasteiger partial charge in [0.2, 0.25) is 0 Å². The van der Waals surface area contributed by atoms with E-state index in [-0.39, 0.29) is 19.4 Å². The summed E-state index contributed by atoms with van der Waals surface area (Å²) in [7, 11) is 1.15. The zero-order chi connectivity index (χ0) is 23.7. The molecule has 172 valence electrons. The maximum Gasteiger partial charge on any atom is 0.420 e. The van der Waals surface area contributed by atoms with E-state index in [0.717, 1.165) is 7.11 Å². The number of hydrogen-bond acceptors (Lipinski definition) is 8. The quantitative estimate of drug-likeness (QED) is 0.339. The Morgan fingerprint density at radius 2 is 1.40 bits per heavy atom. The average Bonchev–Trinajstić information content (AvgIpc) is 2.56. The Labute approximate surface area is 178 Å². The number of methoxy groups -OCH3 is 1. The molecule has 9 heteroatoms. The van der Waals surface area contributed by atoms with Crippen molar-refractivity contribution in [2.24, 2.45) is 0 Å². The van der Waals surface area contributed by atoms with Gasteiger partial charge in [-0.15, -0.1) is 0 Å². The van der Waals surface area contributed by atoms with Crippen molar-refractivity contribution < 1.29 is 38.1 Å². The Morgan fingerprint density at radius 1 is 0.933 bits per heavy atom. The Bertz CT molecular complexity index is 627. The largest absolute Gasteiger partial charge is 0.467 e. The monoisotopic (exact) mass is 429 g/mol. The molecular weight excluding hydrogens is 394 g/mol. The van der Waals surface area contributed by atoms with Gasteiger partial charge in [0.25, 0.3) is 0 Å². The van der Waals surface area contributed by atoms with Gasteiger partial charge in [0.15, 0.2) is 0 Å². The highest BCUT2D eigenvalue weighted by Crippen LogP contribution is 2.20. The van der Waals surface area contributed by atoms with Crippen molar-refractivity contribution >= 4 is 24.1 Å². The molecule has 0 heterocycles. The molecule has 0 aromatic carbocycles. The summed E-state index contributed by atoms with van der Waals surface area (Å²) in [5.74, 6) is -1.29. The number of nitrogens with zero attached hydrogens (tertiary/aromatic N) is 1. The molecule has 0 fully saturated rings. The zero-order valence-corrected chi connectivity index (χ0v) is 19.5. The van der Waals surface area contributed by atoms with Crippen LogP contribution in [0.3, 0.4) is 0 Å². The van der Waals surface area contributed by atoms with E-state index in [0.29, 0.717) is 10.5 Å². The number of carbonyl (C=O) groups excluding carboxylic acids is 4. The number of rotatable bonds is 7. The van der Waals surface area contributed by atoms with Gasteiger partial charge in [-0.1, -0.05) is 6.08 Å². The Kier molecular flexibility index (Phi) is 10.6. The first-order chi connectivity index (χ1) is 13.6. The number of carbonyl (C=O) groups is 4. The second-order valence-corrected chi connectivity index (χ2v) is 8.55. The molecule has 0 aliphatic carbocycles. The highest BCUT2D eigenvalue weighted by molar-refractivity contribution is 5.94. The van der Waals surface area contributed by atoms with E-state index in [9.17, 15) is 19.2 Å². The van der Waals surface area contributed by atoms with E-state index in [1.54, 1.807) is 61.5 Å². The van der Waals surface area contributed by atoms with Crippen LogP contribution in [0.15, 0.2) is 11.6 Å². The molecule has 0 saturated heterocycles. The number of hydrogen-bond donors (Lipinski definition) is 0. The van der Waals surface area contributed by atoms with Gasteiger partial charge < -0.3 is 18.9 Å². The fourth-order valence-corrected chi connectivity index (χ4v) is 2.23. The van der Waals surface area contributed by atoms with Crippen LogP contribution in [0.25, 0.3) is 0 Å². The van der Waals surface area contributed by atoms with Gasteiger partial charge >= 0.3 is 24.1 Å². The van der Waals surface area contributed by atoms with Crippen LogP contribution < -0.4 is 0 Å². The molecular formula is C21H35NO8. The minimum atomic E-state index is -1.30. The van der Waals surface area contributed by atoms with Crippen molar-refractivity contribution in [3.8, 4) is 0 Å². The van der Waals surface area contributed by atoms with Crippen LogP contribution >= 0.6 is 0 Å². The van der Waals surface area contributed by atoms with E-state index in [4.69, 9.17) is 18.9 Å². The van der Waals surface area contributed by atoms with Crippen LogP contribution in [0.4, 0.5) is 9.59 Å². The van der Waals surface area contributed by atoms with E-state index in [1.165, 1.54) is 0 Å². The summed E-state index contributed by atoms with van der Waals surface area (Å²) >= 11 is 0. The van der Waals surface area contributed by atoms with Crippen molar-refractivity contribution in [1.29, 1.82) is 0 Å². The Morgan fingerprint density at radius 3 is 1.77 bits per heavy atom. The molecule has 0 aromatic heterocycles. The van der Waals surface area contributed by atoms with Gasteiger partial charge in [0, 0.05) is 5.57 Å². The molecule has 9 nitrogen and oxygen atoms in total. The summed E-state index contributed by atoms with van der Waals surface area (Å²) in [5, 5.41) is 0. The van der Waals surface area contributed by atoms with Crippen molar-refractivity contribution in [3.05, 3.63) is 11.6 Å². The summed E-state index contributed by atoms with van der Waals surface area (Å²) in [5.41, 5.74) is -1.46. The van der Waals surface area contributed by atoms with Crippen molar-refractivity contribution in [2.45, 2.75) is 85.5 Å². The molecule has 0 aliphatic heterocycles. The predicted octanol–water partition coefficient (Wildman–Crippen LogP) is 3.99.